The molecule has 1 fully saturated rings. The molecule has 1 heterocycles. The molecule has 1 unspecified atom stereocenters. The summed E-state index contributed by atoms with van der Waals surface area (Å²) in [6.45, 7) is 1.69. The maximum Gasteiger partial charge on any atom is 0.341 e. The first-order valence-corrected chi connectivity index (χ1v) is 7.84. The van der Waals surface area contributed by atoms with E-state index in [-0.39, 0.29) is 5.56 Å². The number of carbonyl (C=O) groups is 4. The zero-order valence-corrected chi connectivity index (χ0v) is 13.6. The number of hydrogen-bond donors (Lipinski definition) is 0. The Morgan fingerprint density at radius 1 is 0.880 bits per heavy atom. The van der Waals surface area contributed by atoms with Crippen LogP contribution in [0.4, 0.5) is 4.79 Å². The Bertz CT molecular complexity index is 833. The van der Waals surface area contributed by atoms with Gasteiger partial charge in [0.2, 0.25) is 11.8 Å². The molecule has 0 aromatic heterocycles. The minimum absolute atomic E-state index is 0.214. The number of hydrogen-bond acceptors (Lipinski definition) is 4. The van der Waals surface area contributed by atoms with Crippen molar-refractivity contribution < 1.29 is 19.2 Å². The van der Waals surface area contributed by atoms with Crippen LogP contribution in [0.25, 0.3) is 0 Å². The summed E-state index contributed by atoms with van der Waals surface area (Å²) >= 11 is 0. The molecule has 0 aliphatic carbocycles. The first-order valence-electron chi connectivity index (χ1n) is 7.84. The van der Waals surface area contributed by atoms with Gasteiger partial charge in [0, 0.05) is 5.56 Å². The molecule has 2 aromatic carbocycles. The van der Waals surface area contributed by atoms with Crippen LogP contribution in [0.5, 0.6) is 0 Å². The molecule has 1 aliphatic rings. The quantitative estimate of drug-likeness (QED) is 0.638. The first-order chi connectivity index (χ1) is 12.0. The van der Waals surface area contributed by atoms with E-state index in [0.29, 0.717) is 4.90 Å². The third-order valence-corrected chi connectivity index (χ3v) is 4.11. The van der Waals surface area contributed by atoms with Gasteiger partial charge < -0.3 is 0 Å². The molecule has 0 spiro atoms. The van der Waals surface area contributed by atoms with Crippen molar-refractivity contribution >= 4 is 23.8 Å². The highest BCUT2D eigenvalue weighted by Gasteiger charge is 2.44. The van der Waals surface area contributed by atoms with Gasteiger partial charge in [0.1, 0.15) is 6.42 Å². The molecule has 5 amide bonds. The second kappa shape index (κ2) is 6.68. The van der Waals surface area contributed by atoms with E-state index in [1.54, 1.807) is 49.4 Å². The smallest absolute Gasteiger partial charge is 0.274 e. The maximum absolute atomic E-state index is 12.8. The molecule has 3 rings (SSSR count). The Labute approximate surface area is 144 Å². The molecule has 6 heteroatoms. The number of rotatable bonds is 3. The van der Waals surface area contributed by atoms with E-state index in [2.05, 4.69) is 0 Å². The van der Waals surface area contributed by atoms with Gasteiger partial charge in [-0.2, -0.15) is 4.90 Å². The molecule has 126 valence electrons. The summed E-state index contributed by atoms with van der Waals surface area (Å²) in [4.78, 5) is 51.3. The molecule has 1 saturated heterocycles. The van der Waals surface area contributed by atoms with Crippen molar-refractivity contribution in [1.29, 1.82) is 0 Å². The van der Waals surface area contributed by atoms with Crippen molar-refractivity contribution in [3.05, 3.63) is 71.8 Å². The Kier molecular flexibility index (Phi) is 4.43. The molecule has 6 nitrogen and oxygen atoms in total. The number of barbiturate groups is 1. The highest BCUT2D eigenvalue weighted by molar-refractivity contribution is 6.24. The molecule has 1 aliphatic heterocycles. The summed E-state index contributed by atoms with van der Waals surface area (Å²) in [6, 6.07) is 15.5. The summed E-state index contributed by atoms with van der Waals surface area (Å²) < 4.78 is 0. The molecule has 0 saturated carbocycles. The number of nitrogens with zero attached hydrogens (tertiary/aromatic N) is 2. The summed E-state index contributed by atoms with van der Waals surface area (Å²) in [5.74, 6) is -2.14. The van der Waals surface area contributed by atoms with Crippen LogP contribution in [0.2, 0.25) is 0 Å². The van der Waals surface area contributed by atoms with Crippen molar-refractivity contribution in [2.75, 3.05) is 0 Å². The number of urea groups is 1. The van der Waals surface area contributed by atoms with E-state index >= 15 is 0 Å². The minimum Gasteiger partial charge on any atom is -0.274 e. The van der Waals surface area contributed by atoms with Crippen molar-refractivity contribution in [2.45, 2.75) is 19.4 Å². The molecule has 25 heavy (non-hydrogen) atoms. The number of benzene rings is 2. The topological polar surface area (TPSA) is 74.8 Å². The highest BCUT2D eigenvalue weighted by Crippen LogP contribution is 2.26. The SMILES string of the molecule is CC(c1ccccc1)N1C(=O)CC(=O)N(C(=O)c2ccccc2)C1=O. The largest absolute Gasteiger partial charge is 0.341 e. The van der Waals surface area contributed by atoms with Gasteiger partial charge in [-0.15, -0.1) is 0 Å². The van der Waals surface area contributed by atoms with Gasteiger partial charge in [0.25, 0.3) is 5.91 Å². The van der Waals surface area contributed by atoms with Gasteiger partial charge in [-0.05, 0) is 24.6 Å². The van der Waals surface area contributed by atoms with Gasteiger partial charge in [-0.3, -0.25) is 19.3 Å². The third kappa shape index (κ3) is 3.06. The summed E-state index contributed by atoms with van der Waals surface area (Å²) in [5.41, 5.74) is 0.955. The summed E-state index contributed by atoms with van der Waals surface area (Å²) in [6.07, 6.45) is -0.512. The zero-order valence-electron chi connectivity index (χ0n) is 13.6. The predicted molar refractivity (Wildman–Crippen MR) is 89.3 cm³/mol. The molecule has 0 bridgehead atoms. The minimum atomic E-state index is -0.911. The maximum atomic E-state index is 12.8. The molecule has 2 aromatic rings. The van der Waals surface area contributed by atoms with E-state index in [0.717, 1.165) is 10.5 Å². The Balaban J connectivity index is 1.93. The molecular formula is C19H16N2O4. The summed E-state index contributed by atoms with van der Waals surface area (Å²) in [5, 5.41) is 0. The molecular weight excluding hydrogens is 320 g/mol. The third-order valence-electron chi connectivity index (χ3n) is 4.11. The normalized spacial score (nSPS) is 16.1. The van der Waals surface area contributed by atoms with Crippen LogP contribution in [0.15, 0.2) is 60.7 Å². The molecule has 1 atom stereocenters. The number of imide groups is 4. The highest BCUT2D eigenvalue weighted by atomic mass is 16.2. The number of amides is 5. The first kappa shape index (κ1) is 16.6. The molecule has 0 radical (unpaired) electrons. The van der Waals surface area contributed by atoms with E-state index in [1.807, 2.05) is 6.07 Å². The Morgan fingerprint density at radius 3 is 2.04 bits per heavy atom. The van der Waals surface area contributed by atoms with Gasteiger partial charge in [-0.1, -0.05) is 48.5 Å². The van der Waals surface area contributed by atoms with Crippen molar-refractivity contribution in [2.24, 2.45) is 0 Å². The van der Waals surface area contributed by atoms with E-state index in [9.17, 15) is 19.2 Å². The van der Waals surface area contributed by atoms with Gasteiger partial charge in [0.05, 0.1) is 6.04 Å². The predicted octanol–water partition coefficient (Wildman–Crippen LogP) is 2.77. The fraction of sp³-hybridized carbons (Fsp3) is 0.158. The van der Waals surface area contributed by atoms with Crippen LogP contribution in [0.1, 0.15) is 35.3 Å². The van der Waals surface area contributed by atoms with Crippen LogP contribution in [-0.2, 0) is 9.59 Å². The van der Waals surface area contributed by atoms with Crippen LogP contribution in [-0.4, -0.2) is 33.6 Å². The lowest BCUT2D eigenvalue weighted by Gasteiger charge is -2.35. The number of carbonyl (C=O) groups excluding carboxylic acids is 4. The second-order valence-electron chi connectivity index (χ2n) is 5.71. The fourth-order valence-electron chi connectivity index (χ4n) is 2.79. The van der Waals surface area contributed by atoms with Crippen LogP contribution in [0, 0.1) is 0 Å². The van der Waals surface area contributed by atoms with Gasteiger partial charge in [0.15, 0.2) is 0 Å². The Morgan fingerprint density at radius 2 is 1.44 bits per heavy atom. The summed E-state index contributed by atoms with van der Waals surface area (Å²) in [7, 11) is 0. The van der Waals surface area contributed by atoms with Crippen molar-refractivity contribution in [3.63, 3.8) is 0 Å². The second-order valence-corrected chi connectivity index (χ2v) is 5.71. The van der Waals surface area contributed by atoms with Crippen LogP contribution < -0.4 is 0 Å². The zero-order chi connectivity index (χ0) is 18.0. The van der Waals surface area contributed by atoms with Crippen LogP contribution in [0.3, 0.4) is 0 Å². The molecule has 0 N–H and O–H groups in total. The Hall–Kier alpha value is -3.28. The standard InChI is InChI=1S/C19H16N2O4/c1-13(14-8-4-2-5-9-14)20-16(22)12-17(23)21(19(20)25)18(24)15-10-6-3-7-11-15/h2-11,13H,12H2,1H3. The lowest BCUT2D eigenvalue weighted by atomic mass is 10.1. The van der Waals surface area contributed by atoms with E-state index < -0.39 is 36.2 Å². The fourth-order valence-corrected chi connectivity index (χ4v) is 2.79. The van der Waals surface area contributed by atoms with E-state index in [1.165, 1.54) is 12.1 Å². The van der Waals surface area contributed by atoms with Gasteiger partial charge >= 0.3 is 6.03 Å². The van der Waals surface area contributed by atoms with Crippen LogP contribution >= 0.6 is 0 Å². The van der Waals surface area contributed by atoms with Crippen molar-refractivity contribution in [3.8, 4) is 0 Å². The van der Waals surface area contributed by atoms with Crippen molar-refractivity contribution in [1.82, 2.24) is 9.80 Å². The lowest BCUT2D eigenvalue weighted by molar-refractivity contribution is -0.142. The lowest BCUT2D eigenvalue weighted by Crippen LogP contribution is -2.57. The monoisotopic (exact) mass is 336 g/mol. The van der Waals surface area contributed by atoms with Gasteiger partial charge in [-0.25, -0.2) is 4.79 Å². The van der Waals surface area contributed by atoms with E-state index in [4.69, 9.17) is 0 Å². The average Bonchev–Trinajstić information content (AvgIpc) is 2.62. The average molecular weight is 336 g/mol.